The minimum atomic E-state index is -0.407. The van der Waals surface area contributed by atoms with Crippen LogP contribution in [-0.2, 0) is 37.5 Å². The first-order valence-corrected chi connectivity index (χ1v) is 12.9. The predicted molar refractivity (Wildman–Crippen MR) is 149 cm³/mol. The number of nitro groups is 2. The molecule has 3 aromatic rings. The number of nitrogens with zero attached hydrogens (tertiary/aromatic N) is 2. The smallest absolute Gasteiger partial charge is 0.270 e. The molecule has 0 N–H and O–H groups in total. The number of rotatable bonds is 5. The number of hydrogen-bond acceptors (Lipinski definition) is 7. The predicted octanol–water partition coefficient (Wildman–Crippen LogP) is 6.30. The van der Waals surface area contributed by atoms with Gasteiger partial charge in [-0.1, -0.05) is 32.9 Å². The van der Waals surface area contributed by atoms with E-state index in [1.165, 1.54) is 12.1 Å². The second-order valence-electron chi connectivity index (χ2n) is 10.9. The summed E-state index contributed by atoms with van der Waals surface area (Å²) in [6.45, 7) is 6.38. The fraction of sp³-hybridized carbons (Fsp3) is 0.400. The molecule has 0 amide bonds. The van der Waals surface area contributed by atoms with Crippen LogP contribution in [0.1, 0.15) is 59.7 Å². The van der Waals surface area contributed by atoms with Gasteiger partial charge in [-0.3, -0.25) is 20.2 Å². The van der Waals surface area contributed by atoms with Crippen LogP contribution in [0.3, 0.4) is 0 Å². The lowest BCUT2D eigenvalue weighted by molar-refractivity contribution is -0.385. The zero-order valence-electron chi connectivity index (χ0n) is 23.3. The van der Waals surface area contributed by atoms with Crippen molar-refractivity contribution in [2.24, 2.45) is 0 Å². The van der Waals surface area contributed by atoms with Crippen molar-refractivity contribution in [2.45, 2.75) is 58.3 Å². The van der Waals surface area contributed by atoms with E-state index in [-0.39, 0.29) is 16.8 Å². The first kappa shape index (κ1) is 27.9. The molecule has 0 aromatic heterocycles. The fourth-order valence-corrected chi connectivity index (χ4v) is 5.41. The minimum absolute atomic E-state index is 0.0179. The minimum Gasteiger partial charge on any atom is -0.496 e. The van der Waals surface area contributed by atoms with E-state index >= 15 is 0 Å². The normalized spacial score (nSPS) is 13.3. The standard InChI is InChI=1S/C30H34N2O7/c1-30(2,3)24-12-18-7-8-19-14-25(31(33)34)15-20(27(19)37-4)9-10-21-16-26(32(35)36)17-23(29(21)39-6)11-22(13-24)28(18)38-5/h12-17H,7-11H2,1-6H3. The highest BCUT2D eigenvalue weighted by molar-refractivity contribution is 5.57. The average molecular weight is 535 g/mol. The van der Waals surface area contributed by atoms with Gasteiger partial charge in [0.25, 0.3) is 11.4 Å². The van der Waals surface area contributed by atoms with Crippen molar-refractivity contribution in [3.63, 3.8) is 0 Å². The van der Waals surface area contributed by atoms with Crippen LogP contribution in [0.4, 0.5) is 11.4 Å². The van der Waals surface area contributed by atoms with Crippen molar-refractivity contribution in [3.05, 3.63) is 95.6 Å². The Morgan fingerprint density at radius 2 is 0.897 bits per heavy atom. The first-order valence-electron chi connectivity index (χ1n) is 12.9. The van der Waals surface area contributed by atoms with Crippen molar-refractivity contribution in [1.82, 2.24) is 0 Å². The van der Waals surface area contributed by atoms with Crippen LogP contribution in [0.25, 0.3) is 0 Å². The van der Waals surface area contributed by atoms with Gasteiger partial charge in [-0.05, 0) is 47.8 Å². The zero-order valence-corrected chi connectivity index (χ0v) is 23.3. The molecule has 1 aliphatic carbocycles. The van der Waals surface area contributed by atoms with E-state index in [2.05, 4.69) is 32.9 Å². The second-order valence-corrected chi connectivity index (χ2v) is 10.9. The number of methoxy groups -OCH3 is 3. The maximum atomic E-state index is 11.9. The summed E-state index contributed by atoms with van der Waals surface area (Å²) >= 11 is 0. The second kappa shape index (κ2) is 10.9. The fourth-order valence-electron chi connectivity index (χ4n) is 5.41. The summed E-state index contributed by atoms with van der Waals surface area (Å²) in [5, 5.41) is 23.7. The Morgan fingerprint density at radius 3 is 1.26 bits per heavy atom. The third-order valence-corrected chi connectivity index (χ3v) is 7.31. The molecule has 6 bridgehead atoms. The Labute approximate surface area is 228 Å². The summed E-state index contributed by atoms with van der Waals surface area (Å²) in [4.78, 5) is 22.9. The van der Waals surface area contributed by atoms with Crippen molar-refractivity contribution in [1.29, 1.82) is 0 Å². The van der Waals surface area contributed by atoms with Gasteiger partial charge in [-0.15, -0.1) is 0 Å². The number of nitro benzene ring substituents is 2. The maximum Gasteiger partial charge on any atom is 0.270 e. The maximum absolute atomic E-state index is 11.9. The topological polar surface area (TPSA) is 114 Å². The van der Waals surface area contributed by atoms with E-state index in [4.69, 9.17) is 14.2 Å². The van der Waals surface area contributed by atoms with Crippen LogP contribution < -0.4 is 14.2 Å². The first-order chi connectivity index (χ1) is 18.5. The lowest BCUT2D eigenvalue weighted by Crippen LogP contribution is -2.14. The monoisotopic (exact) mass is 534 g/mol. The van der Waals surface area contributed by atoms with Crippen LogP contribution in [0.2, 0.25) is 0 Å². The van der Waals surface area contributed by atoms with Gasteiger partial charge in [0.15, 0.2) is 0 Å². The highest BCUT2D eigenvalue weighted by Gasteiger charge is 2.25. The quantitative estimate of drug-likeness (QED) is 0.279. The number of hydrogen-bond donors (Lipinski definition) is 0. The van der Waals surface area contributed by atoms with E-state index < -0.39 is 9.85 Å². The molecule has 1 aliphatic rings. The van der Waals surface area contributed by atoms with Crippen LogP contribution in [0, 0.1) is 20.2 Å². The van der Waals surface area contributed by atoms with Crippen LogP contribution >= 0.6 is 0 Å². The lowest BCUT2D eigenvalue weighted by atomic mass is 9.82. The number of ether oxygens (including phenoxy) is 3. The van der Waals surface area contributed by atoms with Gasteiger partial charge in [0, 0.05) is 52.9 Å². The highest BCUT2D eigenvalue weighted by atomic mass is 16.6. The number of non-ortho nitro benzene ring substituents is 2. The van der Waals surface area contributed by atoms with Gasteiger partial charge in [0.05, 0.1) is 31.2 Å². The summed E-state index contributed by atoms with van der Waals surface area (Å²) < 4.78 is 17.5. The third kappa shape index (κ3) is 5.67. The van der Waals surface area contributed by atoms with E-state index in [1.54, 1.807) is 33.5 Å². The average Bonchev–Trinajstić information content (AvgIpc) is 2.88. The Balaban J connectivity index is 2.06. The molecular formula is C30H34N2O7. The van der Waals surface area contributed by atoms with Crippen molar-refractivity contribution in [2.75, 3.05) is 21.3 Å². The van der Waals surface area contributed by atoms with Crippen molar-refractivity contribution >= 4 is 11.4 Å². The molecule has 0 heterocycles. The summed E-state index contributed by atoms with van der Waals surface area (Å²) in [6.07, 6.45) is 2.23. The molecule has 0 radical (unpaired) electrons. The van der Waals surface area contributed by atoms with Crippen molar-refractivity contribution in [3.8, 4) is 17.2 Å². The molecule has 0 unspecified atom stereocenters. The summed E-state index contributed by atoms with van der Waals surface area (Å²) in [5.74, 6) is 1.85. The number of aryl methyl sites for hydroxylation is 4. The Hall–Kier alpha value is -4.14. The molecule has 206 valence electrons. The number of fused-ring (bicyclic) bond motifs is 6. The molecule has 0 atom stereocenters. The summed E-state index contributed by atoms with van der Waals surface area (Å²) in [5.41, 5.74) is 5.46. The van der Waals surface area contributed by atoms with Gasteiger partial charge in [0.2, 0.25) is 0 Å². The molecule has 0 spiro atoms. The Kier molecular flexibility index (Phi) is 7.81. The highest BCUT2D eigenvalue weighted by Crippen LogP contribution is 2.40. The molecule has 0 aliphatic heterocycles. The lowest BCUT2D eigenvalue weighted by Gasteiger charge is -2.25. The third-order valence-electron chi connectivity index (χ3n) is 7.31. The van der Waals surface area contributed by atoms with Crippen molar-refractivity contribution < 1.29 is 24.1 Å². The van der Waals surface area contributed by atoms with Crippen LogP contribution in [0.15, 0.2) is 36.4 Å². The Morgan fingerprint density at radius 1 is 0.590 bits per heavy atom. The Bertz CT molecular complexity index is 1440. The van der Waals surface area contributed by atoms with Gasteiger partial charge in [-0.2, -0.15) is 0 Å². The van der Waals surface area contributed by atoms with Gasteiger partial charge >= 0.3 is 0 Å². The van der Waals surface area contributed by atoms with Gasteiger partial charge in [0.1, 0.15) is 17.2 Å². The van der Waals surface area contributed by atoms with E-state index in [1.807, 2.05) is 0 Å². The summed E-state index contributed by atoms with van der Waals surface area (Å²) in [6, 6.07) is 10.4. The number of benzene rings is 3. The molecule has 0 saturated carbocycles. The SMILES string of the molecule is COc1c2cc([N+](=O)[O-])cc1CCc1cc(C(C)(C)C)cc(c1OC)Cc1cc([N+](=O)[O-])cc(c1OC)CC2. The van der Waals surface area contributed by atoms with Gasteiger partial charge < -0.3 is 14.2 Å². The molecule has 9 heteroatoms. The zero-order chi connectivity index (χ0) is 28.5. The molecule has 4 rings (SSSR count). The largest absolute Gasteiger partial charge is 0.496 e. The van der Waals surface area contributed by atoms with Crippen LogP contribution in [0.5, 0.6) is 17.2 Å². The van der Waals surface area contributed by atoms with Gasteiger partial charge in [-0.25, -0.2) is 0 Å². The summed E-state index contributed by atoms with van der Waals surface area (Å²) in [7, 11) is 4.73. The van der Waals surface area contributed by atoms with E-state index in [0.717, 1.165) is 22.3 Å². The van der Waals surface area contributed by atoms with E-state index in [9.17, 15) is 20.2 Å². The molecule has 39 heavy (non-hydrogen) atoms. The molecule has 0 fully saturated rings. The van der Waals surface area contributed by atoms with E-state index in [0.29, 0.717) is 66.0 Å². The molecule has 0 saturated heterocycles. The van der Waals surface area contributed by atoms with Crippen LogP contribution in [-0.4, -0.2) is 31.2 Å². The molecule has 9 nitrogen and oxygen atoms in total. The molecule has 3 aromatic carbocycles. The molecular weight excluding hydrogens is 500 g/mol.